The molecule has 1 N–H and O–H groups in total. The van der Waals surface area contributed by atoms with Crippen LogP contribution in [0.3, 0.4) is 0 Å². The summed E-state index contributed by atoms with van der Waals surface area (Å²) in [5.41, 5.74) is 0.471. The Hall–Kier alpha value is -2.13. The maximum Gasteiger partial charge on any atom is 0.338 e. The van der Waals surface area contributed by atoms with Gasteiger partial charge in [-0.1, -0.05) is 24.6 Å². The molecule has 0 amide bonds. The second-order valence-corrected chi connectivity index (χ2v) is 7.35. The second kappa shape index (κ2) is 9.70. The van der Waals surface area contributed by atoms with Gasteiger partial charge in [-0.3, -0.25) is 0 Å². The Morgan fingerprint density at radius 2 is 2.07 bits per heavy atom. The maximum atomic E-state index is 11.6. The van der Waals surface area contributed by atoms with Crippen molar-refractivity contribution >= 4 is 17.7 Å². The van der Waals surface area contributed by atoms with Crippen LogP contribution >= 0.6 is 11.8 Å². The summed E-state index contributed by atoms with van der Waals surface area (Å²) in [6.45, 7) is 2.25. The van der Waals surface area contributed by atoms with Gasteiger partial charge in [0.25, 0.3) is 0 Å². The van der Waals surface area contributed by atoms with Crippen molar-refractivity contribution in [1.82, 2.24) is 20.2 Å². The van der Waals surface area contributed by atoms with Crippen molar-refractivity contribution in [1.29, 1.82) is 0 Å². The molecule has 27 heavy (non-hydrogen) atoms. The Balaban J connectivity index is 1.44. The Kier molecular flexibility index (Phi) is 7.05. The van der Waals surface area contributed by atoms with Gasteiger partial charge >= 0.3 is 5.97 Å². The number of tetrazole rings is 1. The highest BCUT2D eigenvalue weighted by Crippen LogP contribution is 2.31. The molecule has 1 atom stereocenters. The molecule has 1 aromatic carbocycles. The third kappa shape index (κ3) is 5.43. The summed E-state index contributed by atoms with van der Waals surface area (Å²) in [6.07, 6.45) is 3.96. The Morgan fingerprint density at radius 1 is 1.33 bits per heavy atom. The van der Waals surface area contributed by atoms with Gasteiger partial charge in [0.2, 0.25) is 5.16 Å². The summed E-state index contributed by atoms with van der Waals surface area (Å²) in [5.74, 6) is 0.664. The quantitative estimate of drug-likeness (QED) is 0.513. The molecule has 0 spiro atoms. The Morgan fingerprint density at radius 3 is 2.78 bits per heavy atom. The molecule has 8 nitrogen and oxygen atoms in total. The number of esters is 1. The molecule has 1 aliphatic carbocycles. The van der Waals surface area contributed by atoms with E-state index in [1.54, 1.807) is 31.2 Å². The van der Waals surface area contributed by atoms with Crippen LogP contribution in [0.2, 0.25) is 0 Å². The van der Waals surface area contributed by atoms with E-state index in [0.717, 1.165) is 18.0 Å². The minimum Gasteiger partial charge on any atom is -0.491 e. The SMILES string of the molecule is CCOC(=O)c1ccc(OCC(O)CSc2nnnn2C2CCCC2)cc1. The number of thioether (sulfide) groups is 1. The van der Waals surface area contributed by atoms with Crippen molar-refractivity contribution in [3.8, 4) is 5.75 Å². The van der Waals surface area contributed by atoms with E-state index in [2.05, 4.69) is 15.5 Å². The van der Waals surface area contributed by atoms with E-state index < -0.39 is 6.10 Å². The van der Waals surface area contributed by atoms with Gasteiger partial charge in [-0.25, -0.2) is 9.48 Å². The van der Waals surface area contributed by atoms with Crippen LogP contribution in [-0.2, 0) is 4.74 Å². The second-order valence-electron chi connectivity index (χ2n) is 6.36. The van der Waals surface area contributed by atoms with E-state index >= 15 is 0 Å². The number of benzene rings is 1. The zero-order valence-corrected chi connectivity index (χ0v) is 16.1. The molecule has 0 bridgehead atoms. The lowest BCUT2D eigenvalue weighted by Gasteiger charge is -2.14. The van der Waals surface area contributed by atoms with Gasteiger partial charge in [-0.2, -0.15) is 0 Å². The van der Waals surface area contributed by atoms with Crippen LogP contribution < -0.4 is 4.74 Å². The number of ether oxygens (including phenoxy) is 2. The topological polar surface area (TPSA) is 99.4 Å². The number of hydrogen-bond acceptors (Lipinski definition) is 8. The van der Waals surface area contributed by atoms with Gasteiger partial charge in [0, 0.05) is 5.75 Å². The molecular weight excluding hydrogens is 368 g/mol. The predicted molar refractivity (Wildman–Crippen MR) is 99.9 cm³/mol. The molecule has 3 rings (SSSR count). The van der Waals surface area contributed by atoms with Crippen molar-refractivity contribution in [2.24, 2.45) is 0 Å². The van der Waals surface area contributed by atoms with Crippen molar-refractivity contribution in [2.75, 3.05) is 19.0 Å². The zero-order valence-electron chi connectivity index (χ0n) is 15.3. The van der Waals surface area contributed by atoms with Gasteiger partial charge in [0.1, 0.15) is 12.4 Å². The largest absolute Gasteiger partial charge is 0.491 e. The first-order valence-electron chi connectivity index (χ1n) is 9.16. The van der Waals surface area contributed by atoms with Crippen LogP contribution in [-0.4, -0.2) is 56.4 Å². The van der Waals surface area contributed by atoms with Gasteiger partial charge in [-0.05, 0) is 54.5 Å². The summed E-state index contributed by atoms with van der Waals surface area (Å²) in [5, 5.41) is 22.8. The molecule has 2 aromatic rings. The molecule has 1 heterocycles. The van der Waals surface area contributed by atoms with Crippen LogP contribution in [0.25, 0.3) is 0 Å². The average Bonchev–Trinajstić information content (AvgIpc) is 3.36. The average molecular weight is 392 g/mol. The zero-order chi connectivity index (χ0) is 19.1. The number of carbonyl (C=O) groups is 1. The summed E-state index contributed by atoms with van der Waals surface area (Å²) < 4.78 is 12.4. The third-order valence-corrected chi connectivity index (χ3v) is 5.42. The normalized spacial score (nSPS) is 15.6. The number of aromatic nitrogens is 4. The first-order chi connectivity index (χ1) is 13.2. The van der Waals surface area contributed by atoms with Crippen molar-refractivity contribution < 1.29 is 19.4 Å². The predicted octanol–water partition coefficient (Wildman–Crippen LogP) is 2.50. The van der Waals surface area contributed by atoms with E-state index in [1.807, 2.05) is 4.68 Å². The summed E-state index contributed by atoms with van der Waals surface area (Å²) >= 11 is 1.43. The molecule has 1 fully saturated rings. The number of nitrogens with zero attached hydrogens (tertiary/aromatic N) is 4. The monoisotopic (exact) mass is 392 g/mol. The molecule has 1 aromatic heterocycles. The van der Waals surface area contributed by atoms with Crippen molar-refractivity contribution in [2.45, 2.75) is 49.9 Å². The van der Waals surface area contributed by atoms with Crippen molar-refractivity contribution in [3.05, 3.63) is 29.8 Å². The van der Waals surface area contributed by atoms with Gasteiger partial charge in [0.15, 0.2) is 0 Å². The first kappa shape index (κ1) is 19.6. The lowest BCUT2D eigenvalue weighted by molar-refractivity contribution is 0.0526. The Bertz CT molecular complexity index is 731. The standard InChI is InChI=1S/C18H24N4O4S/c1-2-25-17(24)13-7-9-16(10-8-13)26-11-15(23)12-27-18-19-20-21-22(18)14-5-3-4-6-14/h7-10,14-15,23H,2-6,11-12H2,1H3. The fourth-order valence-electron chi connectivity index (χ4n) is 2.97. The fraction of sp³-hybridized carbons (Fsp3) is 0.556. The summed E-state index contributed by atoms with van der Waals surface area (Å²) in [4.78, 5) is 11.6. The molecule has 0 saturated heterocycles. The van der Waals surface area contributed by atoms with Crippen LogP contribution in [0.1, 0.15) is 49.0 Å². The van der Waals surface area contributed by atoms with Crippen molar-refractivity contribution in [3.63, 3.8) is 0 Å². The highest BCUT2D eigenvalue weighted by Gasteiger charge is 2.22. The maximum absolute atomic E-state index is 11.6. The highest BCUT2D eigenvalue weighted by molar-refractivity contribution is 7.99. The molecule has 0 radical (unpaired) electrons. The van der Waals surface area contributed by atoms with E-state index in [4.69, 9.17) is 9.47 Å². The van der Waals surface area contributed by atoms with Crippen LogP contribution in [0.4, 0.5) is 0 Å². The molecule has 1 unspecified atom stereocenters. The van der Waals surface area contributed by atoms with E-state index in [-0.39, 0.29) is 12.6 Å². The van der Waals surface area contributed by atoms with Gasteiger partial charge in [-0.15, -0.1) is 5.10 Å². The molecule has 1 aliphatic rings. The first-order valence-corrected chi connectivity index (χ1v) is 10.1. The van der Waals surface area contributed by atoms with E-state index in [0.29, 0.717) is 29.7 Å². The summed E-state index contributed by atoms with van der Waals surface area (Å²) in [6, 6.07) is 7.03. The minimum absolute atomic E-state index is 0.150. The van der Waals surface area contributed by atoms with Crippen LogP contribution in [0, 0.1) is 0 Å². The van der Waals surface area contributed by atoms with Gasteiger partial charge < -0.3 is 14.6 Å². The number of hydrogen-bond donors (Lipinski definition) is 1. The van der Waals surface area contributed by atoms with E-state index in [1.165, 1.54) is 24.6 Å². The smallest absolute Gasteiger partial charge is 0.338 e. The van der Waals surface area contributed by atoms with E-state index in [9.17, 15) is 9.90 Å². The molecule has 146 valence electrons. The van der Waals surface area contributed by atoms with Crippen LogP contribution in [0.5, 0.6) is 5.75 Å². The molecule has 9 heteroatoms. The Labute approximate surface area is 162 Å². The number of rotatable bonds is 9. The number of aliphatic hydroxyl groups is 1. The molecular formula is C18H24N4O4S. The summed E-state index contributed by atoms with van der Waals surface area (Å²) in [7, 11) is 0. The lowest BCUT2D eigenvalue weighted by atomic mass is 10.2. The van der Waals surface area contributed by atoms with Gasteiger partial charge in [0.05, 0.1) is 24.3 Å². The highest BCUT2D eigenvalue weighted by atomic mass is 32.2. The minimum atomic E-state index is -0.659. The van der Waals surface area contributed by atoms with Crippen LogP contribution in [0.15, 0.2) is 29.4 Å². The third-order valence-electron chi connectivity index (χ3n) is 4.35. The molecule has 0 aliphatic heterocycles. The molecule has 1 saturated carbocycles. The fourth-order valence-corrected chi connectivity index (χ4v) is 3.82. The lowest BCUT2D eigenvalue weighted by Crippen LogP contribution is -2.20. The number of aliphatic hydroxyl groups excluding tert-OH is 1. The number of carbonyl (C=O) groups excluding carboxylic acids is 1.